The van der Waals surface area contributed by atoms with E-state index in [1.54, 1.807) is 14.2 Å². The van der Waals surface area contributed by atoms with E-state index in [-0.39, 0.29) is 11.5 Å². The van der Waals surface area contributed by atoms with Crippen LogP contribution in [-0.2, 0) is 4.74 Å². The van der Waals surface area contributed by atoms with Crippen molar-refractivity contribution < 1.29 is 19.0 Å². The van der Waals surface area contributed by atoms with Gasteiger partial charge in [-0.1, -0.05) is 26.8 Å². The van der Waals surface area contributed by atoms with Gasteiger partial charge in [-0.3, -0.25) is 4.90 Å². The number of nitrogens with two attached hydrogens (primary N) is 1. The molecule has 0 radical (unpaired) electrons. The van der Waals surface area contributed by atoms with Crippen LogP contribution in [0.1, 0.15) is 50.7 Å². The number of hydrogen-bond acceptors (Lipinski definition) is 5. The van der Waals surface area contributed by atoms with Crippen LogP contribution >= 0.6 is 0 Å². The van der Waals surface area contributed by atoms with Gasteiger partial charge in [0.25, 0.3) is 0 Å². The SMILES string of the molecule is COc1ccc(-c2[nH]c3ccc(C4CCN(C(COC(N)=O)C(C)(C)C)CC4)cc3c2C)cc1OC. The molecule has 0 saturated carbocycles. The summed E-state index contributed by atoms with van der Waals surface area (Å²) < 4.78 is 16.1. The Balaban J connectivity index is 1.53. The maximum atomic E-state index is 11.2. The van der Waals surface area contributed by atoms with Gasteiger partial charge in [0.05, 0.1) is 14.2 Å². The van der Waals surface area contributed by atoms with Gasteiger partial charge in [-0.2, -0.15) is 0 Å². The van der Waals surface area contributed by atoms with Crippen molar-refractivity contribution in [2.75, 3.05) is 33.9 Å². The second-order valence-corrected chi connectivity index (χ2v) is 10.8. The minimum atomic E-state index is -0.707. The van der Waals surface area contributed by atoms with Gasteiger partial charge in [-0.25, -0.2) is 4.79 Å². The summed E-state index contributed by atoms with van der Waals surface area (Å²) in [4.78, 5) is 17.3. The Labute approximate surface area is 213 Å². The van der Waals surface area contributed by atoms with Crippen LogP contribution in [0, 0.1) is 12.3 Å². The lowest BCUT2D eigenvalue weighted by atomic mass is 9.82. The standard InChI is InChI=1S/C29H39N3O4/c1-18-22-15-20(19-11-13-32(14-12-19)26(29(2,3)4)17-36-28(30)33)7-9-23(22)31-27(18)21-8-10-24(34-5)25(16-21)35-6/h7-10,15-16,19,26,31H,11-14,17H2,1-6H3,(H2,30,33). The summed E-state index contributed by atoms with van der Waals surface area (Å²) >= 11 is 0. The van der Waals surface area contributed by atoms with E-state index >= 15 is 0 Å². The topological polar surface area (TPSA) is 89.8 Å². The normalized spacial score (nSPS) is 16.2. The van der Waals surface area contributed by atoms with E-state index in [4.69, 9.17) is 19.9 Å². The molecule has 1 saturated heterocycles. The van der Waals surface area contributed by atoms with Gasteiger partial charge in [-0.05, 0) is 85.6 Å². The molecule has 2 aromatic carbocycles. The number of aromatic amines is 1. The number of aryl methyl sites for hydroxylation is 1. The predicted molar refractivity (Wildman–Crippen MR) is 144 cm³/mol. The van der Waals surface area contributed by atoms with Crippen molar-refractivity contribution in [3.63, 3.8) is 0 Å². The molecule has 1 aliphatic heterocycles. The van der Waals surface area contributed by atoms with Crippen LogP contribution in [0.2, 0.25) is 0 Å². The highest BCUT2D eigenvalue weighted by Crippen LogP contribution is 2.38. The van der Waals surface area contributed by atoms with Crippen molar-refractivity contribution in [2.45, 2.75) is 52.5 Å². The van der Waals surface area contributed by atoms with E-state index in [1.807, 2.05) is 12.1 Å². The zero-order valence-electron chi connectivity index (χ0n) is 22.3. The zero-order valence-corrected chi connectivity index (χ0v) is 22.3. The summed E-state index contributed by atoms with van der Waals surface area (Å²) in [7, 11) is 3.31. The van der Waals surface area contributed by atoms with Crippen LogP contribution in [0.5, 0.6) is 11.5 Å². The number of carbonyl (C=O) groups excluding carboxylic acids is 1. The molecule has 1 fully saturated rings. The first-order chi connectivity index (χ1) is 17.1. The Morgan fingerprint density at radius 2 is 1.78 bits per heavy atom. The smallest absolute Gasteiger partial charge is 0.404 e. The highest BCUT2D eigenvalue weighted by atomic mass is 16.5. The number of benzene rings is 2. The highest BCUT2D eigenvalue weighted by molar-refractivity contribution is 5.91. The molecule has 7 heteroatoms. The van der Waals surface area contributed by atoms with Crippen molar-refractivity contribution in [3.05, 3.63) is 47.5 Å². The fourth-order valence-corrected chi connectivity index (χ4v) is 5.49. The molecule has 36 heavy (non-hydrogen) atoms. The summed E-state index contributed by atoms with van der Waals surface area (Å²) in [5.41, 5.74) is 11.1. The fourth-order valence-electron chi connectivity index (χ4n) is 5.49. The minimum absolute atomic E-state index is 0.00995. The number of H-pyrrole nitrogens is 1. The van der Waals surface area contributed by atoms with Crippen LogP contribution in [-0.4, -0.2) is 55.9 Å². The molecule has 1 aromatic heterocycles. The number of amides is 1. The number of hydrogen-bond donors (Lipinski definition) is 2. The van der Waals surface area contributed by atoms with Crippen LogP contribution in [0.15, 0.2) is 36.4 Å². The number of likely N-dealkylation sites (tertiary alicyclic amines) is 1. The molecular formula is C29H39N3O4. The number of piperidine rings is 1. The quantitative estimate of drug-likeness (QED) is 0.431. The number of rotatable bonds is 7. The summed E-state index contributed by atoms with van der Waals surface area (Å²) in [6, 6.07) is 13.0. The molecule has 7 nitrogen and oxygen atoms in total. The largest absolute Gasteiger partial charge is 0.493 e. The number of primary amides is 1. The van der Waals surface area contributed by atoms with Crippen molar-refractivity contribution in [1.82, 2.24) is 9.88 Å². The molecule has 0 aliphatic carbocycles. The first-order valence-electron chi connectivity index (χ1n) is 12.6. The first kappa shape index (κ1) is 25.9. The molecular weight excluding hydrogens is 454 g/mol. The van der Waals surface area contributed by atoms with E-state index in [9.17, 15) is 4.79 Å². The van der Waals surface area contributed by atoms with E-state index in [1.165, 1.54) is 16.5 Å². The lowest BCUT2D eigenvalue weighted by molar-refractivity contribution is 0.0240. The highest BCUT2D eigenvalue weighted by Gasteiger charge is 2.34. The van der Waals surface area contributed by atoms with Gasteiger partial charge in [0.1, 0.15) is 6.61 Å². The average Bonchev–Trinajstić information content (AvgIpc) is 3.18. The molecule has 1 unspecified atom stereocenters. The van der Waals surface area contributed by atoms with Gasteiger partial charge < -0.3 is 24.9 Å². The molecule has 1 amide bonds. The third kappa shape index (κ3) is 5.31. The van der Waals surface area contributed by atoms with E-state index in [0.717, 1.165) is 54.2 Å². The summed E-state index contributed by atoms with van der Waals surface area (Å²) in [6.45, 7) is 11.0. The van der Waals surface area contributed by atoms with Gasteiger partial charge in [0.15, 0.2) is 11.5 Å². The van der Waals surface area contributed by atoms with E-state index in [2.05, 4.69) is 61.8 Å². The Bertz CT molecular complexity index is 1220. The number of aromatic nitrogens is 1. The van der Waals surface area contributed by atoms with Crippen molar-refractivity contribution in [1.29, 1.82) is 0 Å². The molecule has 0 spiro atoms. The molecule has 2 heterocycles. The van der Waals surface area contributed by atoms with E-state index in [0.29, 0.717) is 12.5 Å². The predicted octanol–water partition coefficient (Wildman–Crippen LogP) is 5.85. The number of fused-ring (bicyclic) bond motifs is 1. The van der Waals surface area contributed by atoms with Crippen LogP contribution in [0.4, 0.5) is 4.79 Å². The number of methoxy groups -OCH3 is 2. The van der Waals surface area contributed by atoms with Crippen LogP contribution in [0.3, 0.4) is 0 Å². The number of ether oxygens (including phenoxy) is 3. The van der Waals surface area contributed by atoms with Gasteiger partial charge in [-0.15, -0.1) is 0 Å². The molecule has 1 aliphatic rings. The summed E-state index contributed by atoms with van der Waals surface area (Å²) in [6.07, 6.45) is 1.43. The maximum absolute atomic E-state index is 11.2. The Hall–Kier alpha value is -3.19. The summed E-state index contributed by atoms with van der Waals surface area (Å²) in [5, 5.41) is 1.25. The molecule has 1 atom stereocenters. The third-order valence-corrected chi connectivity index (χ3v) is 7.58. The molecule has 3 N–H and O–H groups in total. The average molecular weight is 494 g/mol. The monoisotopic (exact) mass is 493 g/mol. The van der Waals surface area contributed by atoms with E-state index < -0.39 is 6.09 Å². The second-order valence-electron chi connectivity index (χ2n) is 10.8. The minimum Gasteiger partial charge on any atom is -0.493 e. The van der Waals surface area contributed by atoms with Gasteiger partial charge in [0.2, 0.25) is 0 Å². The van der Waals surface area contributed by atoms with Crippen molar-refractivity contribution >= 4 is 17.0 Å². The van der Waals surface area contributed by atoms with Crippen LogP contribution in [0.25, 0.3) is 22.2 Å². The van der Waals surface area contributed by atoms with Crippen molar-refractivity contribution in [3.8, 4) is 22.8 Å². The molecule has 194 valence electrons. The molecule has 0 bridgehead atoms. The van der Waals surface area contributed by atoms with Crippen LogP contribution < -0.4 is 15.2 Å². The summed E-state index contributed by atoms with van der Waals surface area (Å²) in [5.74, 6) is 1.94. The molecule has 3 aromatic rings. The maximum Gasteiger partial charge on any atom is 0.404 e. The van der Waals surface area contributed by atoms with Crippen molar-refractivity contribution in [2.24, 2.45) is 11.1 Å². The van der Waals surface area contributed by atoms with Gasteiger partial charge >= 0.3 is 6.09 Å². The number of carbonyl (C=O) groups is 1. The molecule has 4 rings (SSSR count). The Morgan fingerprint density at radius 3 is 2.39 bits per heavy atom. The lowest BCUT2D eigenvalue weighted by Gasteiger charge is -2.43. The fraction of sp³-hybridized carbons (Fsp3) is 0.483. The Kier molecular flexibility index (Phi) is 7.50. The number of nitrogens with one attached hydrogen (secondary N) is 1. The third-order valence-electron chi connectivity index (χ3n) is 7.58. The zero-order chi connectivity index (χ0) is 26.0. The second kappa shape index (κ2) is 10.4. The number of nitrogens with zero attached hydrogens (tertiary/aromatic N) is 1. The van der Waals surface area contributed by atoms with Gasteiger partial charge in [0, 0.05) is 28.2 Å². The lowest BCUT2D eigenvalue weighted by Crippen LogP contribution is -2.50. The Morgan fingerprint density at radius 1 is 1.08 bits per heavy atom. The first-order valence-corrected chi connectivity index (χ1v) is 12.6.